The smallest absolute Gasteiger partial charge is 0.323 e. The van der Waals surface area contributed by atoms with E-state index in [1.165, 1.54) is 0 Å². The molecule has 1 heterocycles. The molecule has 2 rings (SSSR count). The topological polar surface area (TPSA) is 40.5 Å². The van der Waals surface area contributed by atoms with Gasteiger partial charge >= 0.3 is 5.97 Å². The molecule has 0 amide bonds. The summed E-state index contributed by atoms with van der Waals surface area (Å²) in [5, 5.41) is 9.43. The number of hydrogen-bond donors (Lipinski definition) is 1. The third-order valence-corrected chi connectivity index (χ3v) is 2.75. The first-order valence-corrected chi connectivity index (χ1v) is 4.80. The Labute approximate surface area is 99.1 Å². The van der Waals surface area contributed by atoms with Crippen LogP contribution in [0.2, 0.25) is 5.02 Å². The molecule has 0 aliphatic carbocycles. The molecular formula is C10H11Cl2NO2. The summed E-state index contributed by atoms with van der Waals surface area (Å²) in [6.45, 7) is 0.790. The summed E-state index contributed by atoms with van der Waals surface area (Å²) in [5.74, 6) is -0.808. The van der Waals surface area contributed by atoms with Crippen molar-refractivity contribution in [1.29, 1.82) is 0 Å². The molecule has 1 N–H and O–H groups in total. The number of anilines is 1. The van der Waals surface area contributed by atoms with E-state index in [1.54, 1.807) is 0 Å². The molecule has 0 bridgehead atoms. The second kappa shape index (κ2) is 4.73. The third-order valence-electron chi connectivity index (χ3n) is 2.39. The lowest BCUT2D eigenvalue weighted by molar-refractivity contribution is -0.135. The van der Waals surface area contributed by atoms with Gasteiger partial charge in [-0.05, 0) is 24.1 Å². The Morgan fingerprint density at radius 2 is 2.27 bits per heavy atom. The first kappa shape index (κ1) is 12.1. The van der Waals surface area contributed by atoms with Crippen LogP contribution in [0.15, 0.2) is 18.2 Å². The average molecular weight is 248 g/mol. The zero-order valence-corrected chi connectivity index (χ0v) is 9.51. The van der Waals surface area contributed by atoms with E-state index in [9.17, 15) is 4.79 Å². The maximum atomic E-state index is 10.6. The number of rotatable bonds is 2. The van der Waals surface area contributed by atoms with Crippen molar-refractivity contribution in [2.45, 2.75) is 6.42 Å². The summed E-state index contributed by atoms with van der Waals surface area (Å²) in [4.78, 5) is 12.4. The third kappa shape index (κ3) is 2.36. The number of halogens is 2. The van der Waals surface area contributed by atoms with E-state index in [1.807, 2.05) is 23.1 Å². The minimum absolute atomic E-state index is 0. The Morgan fingerprint density at radius 1 is 1.53 bits per heavy atom. The maximum absolute atomic E-state index is 10.6. The van der Waals surface area contributed by atoms with Gasteiger partial charge < -0.3 is 10.0 Å². The van der Waals surface area contributed by atoms with Gasteiger partial charge in [-0.3, -0.25) is 4.79 Å². The van der Waals surface area contributed by atoms with Gasteiger partial charge in [-0.25, -0.2) is 0 Å². The van der Waals surface area contributed by atoms with Crippen molar-refractivity contribution >= 4 is 35.7 Å². The molecule has 0 fully saturated rings. The van der Waals surface area contributed by atoms with Crippen LogP contribution in [-0.4, -0.2) is 24.2 Å². The van der Waals surface area contributed by atoms with Gasteiger partial charge in [-0.2, -0.15) is 0 Å². The Hall–Kier alpha value is -0.930. The van der Waals surface area contributed by atoms with Gasteiger partial charge in [0, 0.05) is 17.3 Å². The van der Waals surface area contributed by atoms with Crippen LogP contribution < -0.4 is 4.90 Å². The number of carboxylic acids is 1. The minimum Gasteiger partial charge on any atom is -0.480 e. The van der Waals surface area contributed by atoms with Crippen molar-refractivity contribution in [3.8, 4) is 0 Å². The lowest BCUT2D eigenvalue weighted by Gasteiger charge is -2.16. The van der Waals surface area contributed by atoms with Crippen LogP contribution in [0.4, 0.5) is 5.69 Å². The van der Waals surface area contributed by atoms with Crippen LogP contribution in [0.5, 0.6) is 0 Å². The molecule has 0 radical (unpaired) electrons. The standard InChI is InChI=1S/C10H10ClNO2.ClH/c11-8-2-1-3-9-7(8)4-5-12(9)6-10(13)14;/h1-3H,4-6H2,(H,13,14);1H. The highest BCUT2D eigenvalue weighted by atomic mass is 35.5. The number of aliphatic carboxylic acids is 1. The summed E-state index contributed by atoms with van der Waals surface area (Å²) in [7, 11) is 0. The molecule has 5 heteroatoms. The lowest BCUT2D eigenvalue weighted by Crippen LogP contribution is -2.27. The summed E-state index contributed by atoms with van der Waals surface area (Å²) >= 11 is 6.00. The molecule has 0 atom stereocenters. The lowest BCUT2D eigenvalue weighted by atomic mass is 10.2. The normalized spacial score (nSPS) is 13.3. The molecule has 15 heavy (non-hydrogen) atoms. The van der Waals surface area contributed by atoms with E-state index in [2.05, 4.69) is 0 Å². The van der Waals surface area contributed by atoms with Gasteiger partial charge in [0.15, 0.2) is 0 Å². The molecule has 0 saturated carbocycles. The van der Waals surface area contributed by atoms with E-state index in [-0.39, 0.29) is 19.0 Å². The van der Waals surface area contributed by atoms with Crippen molar-refractivity contribution < 1.29 is 9.90 Å². The van der Waals surface area contributed by atoms with Crippen LogP contribution in [0.25, 0.3) is 0 Å². The van der Waals surface area contributed by atoms with Crippen molar-refractivity contribution in [2.75, 3.05) is 18.0 Å². The molecule has 3 nitrogen and oxygen atoms in total. The average Bonchev–Trinajstić information content (AvgIpc) is 2.49. The predicted octanol–water partition coefficient (Wildman–Crippen LogP) is 2.21. The highest BCUT2D eigenvalue weighted by Gasteiger charge is 2.22. The fraction of sp³-hybridized carbons (Fsp3) is 0.300. The highest BCUT2D eigenvalue weighted by Crippen LogP contribution is 2.32. The molecule has 0 saturated heterocycles. The first-order valence-electron chi connectivity index (χ1n) is 4.42. The van der Waals surface area contributed by atoms with Crippen molar-refractivity contribution in [3.63, 3.8) is 0 Å². The largest absolute Gasteiger partial charge is 0.480 e. The molecule has 82 valence electrons. The SMILES string of the molecule is Cl.O=C(O)CN1CCc2c(Cl)cccc21. The zero-order chi connectivity index (χ0) is 10.1. The number of hydrogen-bond acceptors (Lipinski definition) is 2. The fourth-order valence-electron chi connectivity index (χ4n) is 1.79. The van der Waals surface area contributed by atoms with Crippen molar-refractivity contribution in [3.05, 3.63) is 28.8 Å². The number of carbonyl (C=O) groups is 1. The van der Waals surface area contributed by atoms with Gasteiger partial charge in [0.2, 0.25) is 0 Å². The Morgan fingerprint density at radius 3 is 2.93 bits per heavy atom. The van der Waals surface area contributed by atoms with Crippen LogP contribution in [0, 0.1) is 0 Å². The number of fused-ring (bicyclic) bond motifs is 1. The van der Waals surface area contributed by atoms with Crippen LogP contribution >= 0.6 is 24.0 Å². The first-order chi connectivity index (χ1) is 6.68. The molecular weight excluding hydrogens is 237 g/mol. The molecule has 1 aromatic carbocycles. The van der Waals surface area contributed by atoms with E-state index in [0.29, 0.717) is 0 Å². The van der Waals surface area contributed by atoms with Crippen LogP contribution in [0.3, 0.4) is 0 Å². The van der Waals surface area contributed by atoms with E-state index >= 15 is 0 Å². The number of nitrogens with zero attached hydrogens (tertiary/aromatic N) is 1. The summed E-state index contributed by atoms with van der Waals surface area (Å²) < 4.78 is 0. The molecule has 0 unspecified atom stereocenters. The Bertz CT molecular complexity index is 382. The number of benzene rings is 1. The van der Waals surface area contributed by atoms with E-state index in [4.69, 9.17) is 16.7 Å². The Kier molecular flexibility index (Phi) is 3.83. The van der Waals surface area contributed by atoms with Gasteiger partial charge in [-0.1, -0.05) is 17.7 Å². The molecule has 0 aromatic heterocycles. The van der Waals surface area contributed by atoms with Crippen molar-refractivity contribution in [2.24, 2.45) is 0 Å². The fourth-order valence-corrected chi connectivity index (χ4v) is 2.05. The summed E-state index contributed by atoms with van der Waals surface area (Å²) in [5.41, 5.74) is 2.02. The van der Waals surface area contributed by atoms with Gasteiger partial charge in [0.25, 0.3) is 0 Å². The molecule has 1 aliphatic heterocycles. The summed E-state index contributed by atoms with van der Waals surface area (Å²) in [6, 6.07) is 5.60. The minimum atomic E-state index is -0.808. The highest BCUT2D eigenvalue weighted by molar-refractivity contribution is 6.31. The van der Waals surface area contributed by atoms with E-state index in [0.717, 1.165) is 29.2 Å². The van der Waals surface area contributed by atoms with E-state index < -0.39 is 5.97 Å². The van der Waals surface area contributed by atoms with Gasteiger partial charge in [0.05, 0.1) is 0 Å². The van der Waals surface area contributed by atoms with Crippen LogP contribution in [0.1, 0.15) is 5.56 Å². The Balaban J connectivity index is 0.00000112. The van der Waals surface area contributed by atoms with Crippen molar-refractivity contribution in [1.82, 2.24) is 0 Å². The predicted molar refractivity (Wildman–Crippen MR) is 62.3 cm³/mol. The zero-order valence-electron chi connectivity index (χ0n) is 7.94. The maximum Gasteiger partial charge on any atom is 0.323 e. The second-order valence-electron chi connectivity index (χ2n) is 3.30. The van der Waals surface area contributed by atoms with Crippen LogP contribution in [-0.2, 0) is 11.2 Å². The van der Waals surface area contributed by atoms with Gasteiger partial charge in [0.1, 0.15) is 6.54 Å². The number of carboxylic acid groups (broad SMARTS) is 1. The molecule has 0 spiro atoms. The molecule has 1 aliphatic rings. The summed E-state index contributed by atoms with van der Waals surface area (Å²) in [6.07, 6.45) is 0.836. The molecule has 1 aromatic rings. The quantitative estimate of drug-likeness (QED) is 0.872. The monoisotopic (exact) mass is 247 g/mol. The van der Waals surface area contributed by atoms with Gasteiger partial charge in [-0.15, -0.1) is 12.4 Å². The second-order valence-corrected chi connectivity index (χ2v) is 3.71.